The second-order valence-corrected chi connectivity index (χ2v) is 8.29. The number of carbonyl (C=O) groups is 2. The van der Waals surface area contributed by atoms with E-state index >= 15 is 0 Å². The summed E-state index contributed by atoms with van der Waals surface area (Å²) in [4.78, 5) is 30.9. The van der Waals surface area contributed by atoms with Crippen molar-refractivity contribution in [3.8, 4) is 0 Å². The van der Waals surface area contributed by atoms with E-state index in [-0.39, 0.29) is 35.9 Å². The van der Waals surface area contributed by atoms with Gasteiger partial charge in [-0.15, -0.1) is 0 Å². The molecule has 158 valence electrons. The molecule has 0 aliphatic carbocycles. The summed E-state index contributed by atoms with van der Waals surface area (Å²) < 4.78 is 13.6. The molecule has 2 atom stereocenters. The first kappa shape index (κ1) is 21.5. The Morgan fingerprint density at radius 2 is 2.03 bits per heavy atom. The van der Waals surface area contributed by atoms with Crippen molar-refractivity contribution in [1.29, 1.82) is 0 Å². The SMILES string of the molecule is CCC(CC)C(=O)N1CCC(CC(=O)O)C(CC2=NCCc3cc(F)ccc32)C1. The first-order chi connectivity index (χ1) is 13.9. The third kappa shape index (κ3) is 5.03. The van der Waals surface area contributed by atoms with Gasteiger partial charge in [-0.25, -0.2) is 4.39 Å². The van der Waals surface area contributed by atoms with Gasteiger partial charge in [-0.05, 0) is 73.3 Å². The van der Waals surface area contributed by atoms with Gasteiger partial charge in [0.05, 0.1) is 0 Å². The number of halogens is 1. The molecule has 6 heteroatoms. The highest BCUT2D eigenvalue weighted by atomic mass is 19.1. The fourth-order valence-electron chi connectivity index (χ4n) is 4.77. The molecule has 1 amide bonds. The molecule has 1 N–H and O–H groups in total. The Kier molecular flexibility index (Phi) is 7.04. The zero-order valence-corrected chi connectivity index (χ0v) is 17.4. The third-order valence-corrected chi connectivity index (χ3v) is 6.49. The minimum Gasteiger partial charge on any atom is -0.481 e. The number of carboxylic acids is 1. The summed E-state index contributed by atoms with van der Waals surface area (Å²) in [6, 6.07) is 4.81. The molecule has 5 nitrogen and oxygen atoms in total. The maximum absolute atomic E-state index is 13.6. The van der Waals surface area contributed by atoms with Crippen molar-refractivity contribution in [1.82, 2.24) is 4.90 Å². The first-order valence-electron chi connectivity index (χ1n) is 10.8. The Hall–Kier alpha value is -2.24. The summed E-state index contributed by atoms with van der Waals surface area (Å²) in [5.74, 6) is -0.759. The van der Waals surface area contributed by atoms with Crippen LogP contribution in [-0.2, 0) is 16.0 Å². The van der Waals surface area contributed by atoms with E-state index in [1.807, 2.05) is 18.7 Å². The molecule has 2 aliphatic heterocycles. The Morgan fingerprint density at radius 1 is 1.28 bits per heavy atom. The maximum Gasteiger partial charge on any atom is 0.303 e. The van der Waals surface area contributed by atoms with E-state index in [1.165, 1.54) is 6.07 Å². The minimum absolute atomic E-state index is 0.0202. The number of likely N-dealkylation sites (tertiary alicyclic amines) is 1. The molecule has 2 unspecified atom stereocenters. The minimum atomic E-state index is -0.798. The van der Waals surface area contributed by atoms with Crippen molar-refractivity contribution in [3.05, 3.63) is 35.1 Å². The summed E-state index contributed by atoms with van der Waals surface area (Å²) in [6.07, 6.45) is 3.80. The van der Waals surface area contributed by atoms with Gasteiger partial charge in [0.25, 0.3) is 0 Å². The number of carboxylic acid groups (broad SMARTS) is 1. The molecule has 3 rings (SSSR count). The van der Waals surface area contributed by atoms with Gasteiger partial charge in [0.2, 0.25) is 5.91 Å². The van der Waals surface area contributed by atoms with Crippen LogP contribution in [0.5, 0.6) is 0 Å². The van der Waals surface area contributed by atoms with E-state index in [1.54, 1.807) is 12.1 Å². The van der Waals surface area contributed by atoms with Crippen LogP contribution >= 0.6 is 0 Å². The monoisotopic (exact) mass is 402 g/mol. The lowest BCUT2D eigenvalue weighted by atomic mass is 9.78. The summed E-state index contributed by atoms with van der Waals surface area (Å²) >= 11 is 0. The zero-order valence-electron chi connectivity index (χ0n) is 17.4. The highest BCUT2D eigenvalue weighted by Gasteiger charge is 2.35. The van der Waals surface area contributed by atoms with Gasteiger partial charge in [0, 0.05) is 37.7 Å². The molecule has 29 heavy (non-hydrogen) atoms. The van der Waals surface area contributed by atoms with Crippen LogP contribution in [0.2, 0.25) is 0 Å². The van der Waals surface area contributed by atoms with Crippen molar-refractivity contribution in [2.75, 3.05) is 19.6 Å². The van der Waals surface area contributed by atoms with Crippen LogP contribution in [0.3, 0.4) is 0 Å². The van der Waals surface area contributed by atoms with Gasteiger partial charge in [-0.3, -0.25) is 14.6 Å². The quantitative estimate of drug-likeness (QED) is 0.751. The lowest BCUT2D eigenvalue weighted by Crippen LogP contribution is -2.47. The van der Waals surface area contributed by atoms with Crippen LogP contribution < -0.4 is 0 Å². The number of carbonyl (C=O) groups excluding carboxylic acids is 1. The van der Waals surface area contributed by atoms with E-state index in [0.29, 0.717) is 32.5 Å². The average molecular weight is 403 g/mol. The highest BCUT2D eigenvalue weighted by molar-refractivity contribution is 6.02. The van der Waals surface area contributed by atoms with Crippen molar-refractivity contribution in [2.45, 2.75) is 52.4 Å². The number of fused-ring (bicyclic) bond motifs is 1. The van der Waals surface area contributed by atoms with Gasteiger partial charge in [0.15, 0.2) is 0 Å². The zero-order chi connectivity index (χ0) is 21.0. The molecule has 2 aliphatic rings. The lowest BCUT2D eigenvalue weighted by Gasteiger charge is -2.40. The fraction of sp³-hybridized carbons (Fsp3) is 0.609. The summed E-state index contributed by atoms with van der Waals surface area (Å²) in [5.41, 5.74) is 2.85. The number of aliphatic imine (C=N–C) groups is 1. The molecule has 0 radical (unpaired) electrons. The van der Waals surface area contributed by atoms with Crippen LogP contribution in [0.1, 0.15) is 57.1 Å². The predicted octanol–water partition coefficient (Wildman–Crippen LogP) is 3.94. The standard InChI is InChI=1S/C23H31FN2O3/c1-3-15(4-2)23(29)26-10-8-16(13-22(27)28)18(14-26)12-21-20-6-5-19(24)11-17(20)7-9-25-21/h5-6,11,15-16,18H,3-4,7-10,12-14H2,1-2H3,(H,27,28). The number of benzene rings is 1. The number of amides is 1. The molecule has 0 bridgehead atoms. The number of aliphatic carboxylic acids is 1. The number of hydrogen-bond donors (Lipinski definition) is 1. The lowest BCUT2D eigenvalue weighted by molar-refractivity contribution is -0.141. The Bertz CT molecular complexity index is 788. The third-order valence-electron chi connectivity index (χ3n) is 6.49. The molecule has 0 spiro atoms. The second-order valence-electron chi connectivity index (χ2n) is 8.29. The molecule has 1 fully saturated rings. The normalized spacial score (nSPS) is 21.7. The van der Waals surface area contributed by atoms with Crippen LogP contribution in [0.25, 0.3) is 0 Å². The van der Waals surface area contributed by atoms with E-state index in [2.05, 4.69) is 4.99 Å². The molecular formula is C23H31FN2O3. The Morgan fingerprint density at radius 3 is 2.72 bits per heavy atom. The maximum atomic E-state index is 13.6. The topological polar surface area (TPSA) is 70.0 Å². The van der Waals surface area contributed by atoms with Gasteiger partial charge in [0.1, 0.15) is 5.82 Å². The Balaban J connectivity index is 1.80. The summed E-state index contributed by atoms with van der Waals surface area (Å²) in [6.45, 7) is 5.89. The number of rotatable bonds is 7. The van der Waals surface area contributed by atoms with Crippen LogP contribution in [0.4, 0.5) is 4.39 Å². The smallest absolute Gasteiger partial charge is 0.303 e. The fourth-order valence-corrected chi connectivity index (χ4v) is 4.77. The highest BCUT2D eigenvalue weighted by Crippen LogP contribution is 2.33. The van der Waals surface area contributed by atoms with Crippen molar-refractivity contribution < 1.29 is 19.1 Å². The Labute approximate surface area is 172 Å². The summed E-state index contributed by atoms with van der Waals surface area (Å²) in [5, 5.41) is 9.36. The molecular weight excluding hydrogens is 371 g/mol. The first-order valence-corrected chi connectivity index (χ1v) is 10.8. The second kappa shape index (κ2) is 9.51. The molecule has 1 saturated heterocycles. The van der Waals surface area contributed by atoms with E-state index in [0.717, 1.165) is 36.1 Å². The van der Waals surface area contributed by atoms with Crippen molar-refractivity contribution in [2.24, 2.45) is 22.7 Å². The van der Waals surface area contributed by atoms with E-state index in [4.69, 9.17) is 0 Å². The van der Waals surface area contributed by atoms with Gasteiger partial charge >= 0.3 is 5.97 Å². The van der Waals surface area contributed by atoms with E-state index < -0.39 is 5.97 Å². The van der Waals surface area contributed by atoms with E-state index in [9.17, 15) is 19.1 Å². The number of nitrogens with zero attached hydrogens (tertiary/aromatic N) is 2. The van der Waals surface area contributed by atoms with Gasteiger partial charge in [-0.2, -0.15) is 0 Å². The average Bonchev–Trinajstić information content (AvgIpc) is 2.69. The number of piperidine rings is 1. The molecule has 0 saturated carbocycles. The molecule has 1 aromatic carbocycles. The largest absolute Gasteiger partial charge is 0.481 e. The molecule has 2 heterocycles. The van der Waals surface area contributed by atoms with Gasteiger partial charge < -0.3 is 10.0 Å². The van der Waals surface area contributed by atoms with Crippen LogP contribution in [0, 0.1) is 23.6 Å². The van der Waals surface area contributed by atoms with Crippen LogP contribution in [-0.4, -0.2) is 47.2 Å². The molecule has 0 aromatic heterocycles. The molecule has 1 aromatic rings. The van der Waals surface area contributed by atoms with Crippen LogP contribution in [0.15, 0.2) is 23.2 Å². The van der Waals surface area contributed by atoms with Crippen molar-refractivity contribution >= 4 is 17.6 Å². The number of hydrogen-bond acceptors (Lipinski definition) is 3. The predicted molar refractivity (Wildman–Crippen MR) is 111 cm³/mol. The van der Waals surface area contributed by atoms with Crippen molar-refractivity contribution in [3.63, 3.8) is 0 Å². The summed E-state index contributed by atoms with van der Waals surface area (Å²) in [7, 11) is 0. The van der Waals surface area contributed by atoms with Gasteiger partial charge in [-0.1, -0.05) is 13.8 Å².